The summed E-state index contributed by atoms with van der Waals surface area (Å²) in [5.41, 5.74) is 10.6. The van der Waals surface area contributed by atoms with Gasteiger partial charge < -0.3 is 30.7 Å². The number of hydrogen-bond donors (Lipinski definition) is 2. The largest absolute Gasteiger partial charge is 0.466 e. The molecule has 1 aliphatic rings. The maximum atomic E-state index is 11.2. The van der Waals surface area contributed by atoms with E-state index in [2.05, 4.69) is 9.80 Å². The molecule has 4 N–H and O–H groups in total. The van der Waals surface area contributed by atoms with Crippen LogP contribution in [-0.2, 0) is 19.1 Å². The van der Waals surface area contributed by atoms with Gasteiger partial charge in [-0.05, 0) is 38.8 Å². The van der Waals surface area contributed by atoms with Crippen molar-refractivity contribution in [3.05, 3.63) is 0 Å². The van der Waals surface area contributed by atoms with E-state index in [9.17, 15) is 9.59 Å². The summed E-state index contributed by atoms with van der Waals surface area (Å²) in [6, 6.07) is 0. The van der Waals surface area contributed by atoms with Crippen molar-refractivity contribution in [2.75, 3.05) is 65.6 Å². The van der Waals surface area contributed by atoms with E-state index in [-0.39, 0.29) is 11.9 Å². The quantitative estimate of drug-likeness (QED) is 0.322. The van der Waals surface area contributed by atoms with Gasteiger partial charge >= 0.3 is 11.9 Å². The Morgan fingerprint density at radius 3 is 1.42 bits per heavy atom. The molecule has 0 amide bonds. The summed E-state index contributed by atoms with van der Waals surface area (Å²) in [5.74, 6) is -0.398. The first kappa shape index (κ1) is 22.8. The molecule has 8 heteroatoms. The van der Waals surface area contributed by atoms with Crippen molar-refractivity contribution in [3.8, 4) is 0 Å². The third kappa shape index (κ3) is 11.4. The second-order valence-electron chi connectivity index (χ2n) is 6.62. The highest BCUT2D eigenvalue weighted by molar-refractivity contribution is 5.69. The Hall–Kier alpha value is -1.22. The number of nitrogens with zero attached hydrogens (tertiary/aromatic N) is 2. The molecule has 26 heavy (non-hydrogen) atoms. The van der Waals surface area contributed by atoms with E-state index in [0.29, 0.717) is 39.1 Å². The molecule has 0 radical (unpaired) electrons. The Morgan fingerprint density at radius 1 is 0.692 bits per heavy atom. The Balaban J connectivity index is 1.93. The Morgan fingerprint density at radius 2 is 1.08 bits per heavy atom. The summed E-state index contributed by atoms with van der Waals surface area (Å²) in [7, 11) is 0. The molecule has 0 aromatic rings. The number of ether oxygens (including phenoxy) is 2. The summed E-state index contributed by atoms with van der Waals surface area (Å²) < 4.78 is 10.2. The zero-order valence-electron chi connectivity index (χ0n) is 16.0. The lowest BCUT2D eigenvalue weighted by Crippen LogP contribution is -2.46. The first-order chi connectivity index (χ1) is 12.7. The fraction of sp³-hybridized carbons (Fsp3) is 0.889. The van der Waals surface area contributed by atoms with Gasteiger partial charge in [0.25, 0.3) is 0 Å². The highest BCUT2D eigenvalue weighted by atomic mass is 16.5. The molecule has 0 spiro atoms. The Bertz CT molecular complexity index is 351. The Labute approximate surface area is 157 Å². The summed E-state index contributed by atoms with van der Waals surface area (Å²) in [4.78, 5) is 27.3. The van der Waals surface area contributed by atoms with Gasteiger partial charge in [-0.25, -0.2) is 0 Å². The molecule has 0 aromatic carbocycles. The van der Waals surface area contributed by atoms with Crippen LogP contribution in [0, 0.1) is 0 Å². The molecule has 0 aliphatic carbocycles. The zero-order valence-corrected chi connectivity index (χ0v) is 16.0. The summed E-state index contributed by atoms with van der Waals surface area (Å²) in [6.07, 6.45) is 4.50. The van der Waals surface area contributed by atoms with Crippen molar-refractivity contribution < 1.29 is 19.1 Å². The van der Waals surface area contributed by atoms with Gasteiger partial charge in [-0.1, -0.05) is 0 Å². The number of nitrogens with two attached hydrogens (primary N) is 2. The second kappa shape index (κ2) is 14.9. The van der Waals surface area contributed by atoms with Crippen molar-refractivity contribution >= 4 is 11.9 Å². The number of carbonyl (C=O) groups excluding carboxylic acids is 2. The number of esters is 2. The maximum absolute atomic E-state index is 11.2. The van der Waals surface area contributed by atoms with Crippen LogP contribution >= 0.6 is 0 Å². The first-order valence-electron chi connectivity index (χ1n) is 9.81. The van der Waals surface area contributed by atoms with Gasteiger partial charge in [-0.15, -0.1) is 0 Å². The van der Waals surface area contributed by atoms with E-state index in [1.165, 1.54) is 0 Å². The van der Waals surface area contributed by atoms with Crippen LogP contribution in [0.2, 0.25) is 0 Å². The highest BCUT2D eigenvalue weighted by Gasteiger charge is 2.16. The Kier molecular flexibility index (Phi) is 13.1. The number of piperazine rings is 1. The molecule has 8 nitrogen and oxygen atoms in total. The van der Waals surface area contributed by atoms with E-state index in [0.717, 1.165) is 65.0 Å². The van der Waals surface area contributed by atoms with E-state index in [4.69, 9.17) is 20.9 Å². The third-order valence-corrected chi connectivity index (χ3v) is 4.43. The summed E-state index contributed by atoms with van der Waals surface area (Å²) in [6.45, 7) is 8.13. The van der Waals surface area contributed by atoms with Crippen LogP contribution in [0.15, 0.2) is 0 Å². The lowest BCUT2D eigenvalue weighted by Gasteiger charge is -2.34. The fourth-order valence-corrected chi connectivity index (χ4v) is 2.86. The molecule has 0 saturated carbocycles. The highest BCUT2D eigenvalue weighted by Crippen LogP contribution is 2.06. The van der Waals surface area contributed by atoms with Crippen molar-refractivity contribution in [1.82, 2.24) is 9.80 Å². The van der Waals surface area contributed by atoms with E-state index >= 15 is 0 Å². The minimum absolute atomic E-state index is 0.199. The minimum Gasteiger partial charge on any atom is -0.466 e. The van der Waals surface area contributed by atoms with Gasteiger partial charge in [0.05, 0.1) is 26.1 Å². The molecule has 0 atom stereocenters. The number of carbonyl (C=O) groups is 2. The van der Waals surface area contributed by atoms with Crippen LogP contribution in [0.5, 0.6) is 0 Å². The molecule has 1 fully saturated rings. The van der Waals surface area contributed by atoms with Crippen LogP contribution in [0.1, 0.15) is 38.5 Å². The van der Waals surface area contributed by atoms with Crippen molar-refractivity contribution in [2.24, 2.45) is 11.5 Å². The summed E-state index contributed by atoms with van der Waals surface area (Å²) in [5, 5.41) is 0. The van der Waals surface area contributed by atoms with Crippen LogP contribution in [0.25, 0.3) is 0 Å². The van der Waals surface area contributed by atoms with Gasteiger partial charge in [-0.2, -0.15) is 0 Å². The number of rotatable bonds is 14. The van der Waals surface area contributed by atoms with E-state index in [1.54, 1.807) is 0 Å². The monoisotopic (exact) mass is 372 g/mol. The van der Waals surface area contributed by atoms with Crippen molar-refractivity contribution in [1.29, 1.82) is 0 Å². The fourth-order valence-electron chi connectivity index (χ4n) is 2.86. The topological polar surface area (TPSA) is 111 Å². The smallest absolute Gasteiger partial charge is 0.307 e. The molecule has 0 aromatic heterocycles. The first-order valence-corrected chi connectivity index (χ1v) is 9.81. The van der Waals surface area contributed by atoms with Gasteiger partial charge in [0.1, 0.15) is 0 Å². The molecular weight excluding hydrogens is 336 g/mol. The second-order valence-corrected chi connectivity index (χ2v) is 6.62. The standard InChI is InChI=1S/C18H36N4O4/c19-7-5-17(23)25-15-3-1-9-21-11-13-22(14-12-21)10-2-4-16-26-18(24)6-8-20/h1-16,19-20H2. The van der Waals surface area contributed by atoms with Crippen LogP contribution in [0.4, 0.5) is 0 Å². The third-order valence-electron chi connectivity index (χ3n) is 4.43. The van der Waals surface area contributed by atoms with Gasteiger partial charge in [0, 0.05) is 39.3 Å². The zero-order chi connectivity index (χ0) is 19.0. The maximum Gasteiger partial charge on any atom is 0.307 e. The van der Waals surface area contributed by atoms with Crippen molar-refractivity contribution in [2.45, 2.75) is 38.5 Å². The van der Waals surface area contributed by atoms with Crippen molar-refractivity contribution in [3.63, 3.8) is 0 Å². The molecular formula is C18H36N4O4. The molecule has 1 saturated heterocycles. The predicted octanol–water partition coefficient (Wildman–Crippen LogP) is -0.0516. The molecule has 0 bridgehead atoms. The average molecular weight is 373 g/mol. The number of unbranched alkanes of at least 4 members (excludes halogenated alkanes) is 2. The van der Waals surface area contributed by atoms with E-state index in [1.807, 2.05) is 0 Å². The van der Waals surface area contributed by atoms with Crippen LogP contribution < -0.4 is 11.5 Å². The van der Waals surface area contributed by atoms with E-state index < -0.39 is 0 Å². The minimum atomic E-state index is -0.199. The lowest BCUT2D eigenvalue weighted by atomic mass is 10.2. The molecule has 0 unspecified atom stereocenters. The SMILES string of the molecule is NCCC(=O)OCCCCN1CCN(CCCCOC(=O)CCN)CC1. The molecule has 1 rings (SSSR count). The molecule has 1 aliphatic heterocycles. The molecule has 152 valence electrons. The van der Waals surface area contributed by atoms with Crippen LogP contribution in [0.3, 0.4) is 0 Å². The predicted molar refractivity (Wildman–Crippen MR) is 101 cm³/mol. The number of hydrogen-bond acceptors (Lipinski definition) is 8. The molecule has 1 heterocycles. The van der Waals surface area contributed by atoms with Gasteiger partial charge in [-0.3, -0.25) is 9.59 Å². The van der Waals surface area contributed by atoms with Gasteiger partial charge in [0.2, 0.25) is 0 Å². The average Bonchev–Trinajstić information content (AvgIpc) is 2.63. The normalized spacial score (nSPS) is 15.8. The summed E-state index contributed by atoms with van der Waals surface area (Å²) >= 11 is 0. The van der Waals surface area contributed by atoms with Crippen LogP contribution in [-0.4, -0.2) is 87.3 Å². The lowest BCUT2D eigenvalue weighted by molar-refractivity contribution is -0.144. The van der Waals surface area contributed by atoms with Gasteiger partial charge in [0.15, 0.2) is 0 Å².